The van der Waals surface area contributed by atoms with E-state index >= 15 is 0 Å². The number of benzene rings is 11. The van der Waals surface area contributed by atoms with Gasteiger partial charge in [0.1, 0.15) is 22.3 Å². The average Bonchev–Trinajstić information content (AvgIpc) is 4.37. The number of hydrogen-bond donors (Lipinski definition) is 0. The Hall–Kier alpha value is -8.92. The monoisotopic (exact) mass is 975 g/mol. The Morgan fingerprint density at radius 1 is 0.329 bits per heavy atom. The van der Waals surface area contributed by atoms with Crippen LogP contribution in [0.1, 0.15) is 74.9 Å². The Morgan fingerprint density at radius 3 is 1.61 bits per heavy atom. The van der Waals surface area contributed by atoms with E-state index in [1.807, 2.05) is 0 Å². The zero-order chi connectivity index (χ0) is 51.0. The van der Waals surface area contributed by atoms with Crippen molar-refractivity contribution in [2.24, 2.45) is 0 Å². The van der Waals surface area contributed by atoms with Crippen molar-refractivity contribution < 1.29 is 8.83 Å². The molecule has 2 aromatic heterocycles. The average molecular weight is 976 g/mol. The van der Waals surface area contributed by atoms with Crippen molar-refractivity contribution in [1.29, 1.82) is 0 Å². The van der Waals surface area contributed by atoms with Crippen molar-refractivity contribution in [1.82, 2.24) is 0 Å². The number of rotatable bonds is 5. The van der Waals surface area contributed by atoms with Gasteiger partial charge in [-0.2, -0.15) is 0 Å². The lowest BCUT2D eigenvalue weighted by Crippen LogP contribution is -2.24. The molecule has 3 heteroatoms. The van der Waals surface area contributed by atoms with Crippen molar-refractivity contribution >= 4 is 71.7 Å². The molecule has 0 amide bonds. The van der Waals surface area contributed by atoms with Gasteiger partial charge in [-0.3, -0.25) is 0 Å². The van der Waals surface area contributed by atoms with Gasteiger partial charge in [-0.15, -0.1) is 0 Å². The first-order chi connectivity index (χ1) is 37.0. The van der Waals surface area contributed by atoms with E-state index in [4.69, 9.17) is 8.83 Å². The fourth-order valence-corrected chi connectivity index (χ4v) is 14.4. The van der Waals surface area contributed by atoms with Gasteiger partial charge < -0.3 is 13.7 Å². The van der Waals surface area contributed by atoms with E-state index in [0.717, 1.165) is 61.3 Å². The number of para-hydroxylation sites is 3. The molecule has 3 nitrogen and oxygen atoms in total. The Morgan fingerprint density at radius 2 is 0.868 bits per heavy atom. The van der Waals surface area contributed by atoms with Crippen LogP contribution in [0.25, 0.3) is 110 Å². The molecule has 0 saturated carbocycles. The second-order valence-electron chi connectivity index (χ2n) is 23.1. The highest BCUT2D eigenvalue weighted by atomic mass is 16.3. The van der Waals surface area contributed by atoms with Crippen LogP contribution in [0.5, 0.6) is 0 Å². The summed E-state index contributed by atoms with van der Waals surface area (Å²) in [6.07, 6.45) is 0. The molecule has 0 bridgehead atoms. The largest absolute Gasteiger partial charge is 0.455 e. The zero-order valence-electron chi connectivity index (χ0n) is 43.5. The van der Waals surface area contributed by atoms with Gasteiger partial charge in [0.25, 0.3) is 0 Å². The molecule has 16 rings (SSSR count). The van der Waals surface area contributed by atoms with Gasteiger partial charge in [0.15, 0.2) is 0 Å². The molecule has 13 aromatic rings. The van der Waals surface area contributed by atoms with E-state index in [1.54, 1.807) is 0 Å². The third-order valence-electron chi connectivity index (χ3n) is 18.0. The molecule has 3 aliphatic carbocycles. The zero-order valence-corrected chi connectivity index (χ0v) is 43.5. The maximum Gasteiger partial charge on any atom is 0.144 e. The topological polar surface area (TPSA) is 29.5 Å². The standard InChI is InChI=1S/C73H53NO2/c1-71(2)56-39-46(34-36-50(56)62-58(71)41-54(45-33-32-42-20-10-11-23-44(42)38-45)69-64(62)52-26-14-18-30-60(52)75-69)74(59-29-17-13-24-48(59)43-21-8-7-9-22-43)47-35-37-51-57(40-47)73(5,6)67-63(51)65-53-27-15-19-31-61(53)76-70(65)66-49-25-12-16-28-55(49)72(3,4)68(66)67/h7-41H,1-6H3. The third-order valence-corrected chi connectivity index (χ3v) is 18.0. The molecule has 2 heterocycles. The molecule has 0 radical (unpaired) electrons. The van der Waals surface area contributed by atoms with E-state index in [1.165, 1.54) is 99.4 Å². The van der Waals surface area contributed by atoms with E-state index < -0.39 is 0 Å². The van der Waals surface area contributed by atoms with Gasteiger partial charge in [0.05, 0.1) is 5.69 Å². The SMILES string of the molecule is CC1(C)c2cc(N(c3ccc4c(c3)C(C)(C)c3c5c(c6oc7ccccc7c6c3-4)-c3ccccc3C5(C)C)c3ccccc3-c3ccccc3)ccc2-c2c1cc(-c1ccc3ccccc3c1)c1oc3ccccc3c21. The number of fused-ring (bicyclic) bond motifs is 20. The molecule has 362 valence electrons. The summed E-state index contributed by atoms with van der Waals surface area (Å²) >= 11 is 0. The molecular formula is C73H53NO2. The lowest BCUT2D eigenvalue weighted by molar-refractivity contribution is 0.600. The quantitative estimate of drug-likeness (QED) is 0.172. The molecule has 11 aromatic carbocycles. The summed E-state index contributed by atoms with van der Waals surface area (Å²) in [6, 6.07) is 78.4. The van der Waals surface area contributed by atoms with Crippen LogP contribution >= 0.6 is 0 Å². The highest BCUT2D eigenvalue weighted by Gasteiger charge is 2.49. The number of furan rings is 2. The van der Waals surface area contributed by atoms with Gasteiger partial charge >= 0.3 is 0 Å². The molecule has 76 heavy (non-hydrogen) atoms. The predicted molar refractivity (Wildman–Crippen MR) is 317 cm³/mol. The molecule has 0 N–H and O–H groups in total. The number of anilines is 3. The van der Waals surface area contributed by atoms with Gasteiger partial charge in [-0.25, -0.2) is 0 Å². The minimum Gasteiger partial charge on any atom is -0.455 e. The number of nitrogens with zero attached hydrogens (tertiary/aromatic N) is 1. The molecule has 0 aliphatic heterocycles. The van der Waals surface area contributed by atoms with Crippen molar-refractivity contribution in [3.63, 3.8) is 0 Å². The highest BCUT2D eigenvalue weighted by Crippen LogP contribution is 2.64. The molecule has 3 aliphatic rings. The maximum atomic E-state index is 7.03. The Balaban J connectivity index is 0.929. The Kier molecular flexibility index (Phi) is 8.65. The van der Waals surface area contributed by atoms with E-state index in [9.17, 15) is 0 Å². The molecule has 0 unspecified atom stereocenters. The van der Waals surface area contributed by atoms with Crippen LogP contribution in [0.4, 0.5) is 17.1 Å². The van der Waals surface area contributed by atoms with Gasteiger partial charge in [-0.1, -0.05) is 199 Å². The van der Waals surface area contributed by atoms with E-state index in [0.29, 0.717) is 0 Å². The Labute approximate surface area is 442 Å². The van der Waals surface area contributed by atoms with Gasteiger partial charge in [0.2, 0.25) is 0 Å². The first-order valence-electron chi connectivity index (χ1n) is 26.8. The summed E-state index contributed by atoms with van der Waals surface area (Å²) in [5.41, 5.74) is 26.5. The highest BCUT2D eigenvalue weighted by molar-refractivity contribution is 6.22. The molecule has 0 fully saturated rings. The fraction of sp³-hybridized carbons (Fsp3) is 0.123. The smallest absolute Gasteiger partial charge is 0.144 e. The summed E-state index contributed by atoms with van der Waals surface area (Å²) in [7, 11) is 0. The van der Waals surface area contributed by atoms with Crippen LogP contribution < -0.4 is 4.90 Å². The van der Waals surface area contributed by atoms with E-state index in [2.05, 4.69) is 259 Å². The molecular weight excluding hydrogens is 923 g/mol. The molecule has 0 atom stereocenters. The third kappa shape index (κ3) is 5.67. The predicted octanol–water partition coefficient (Wildman–Crippen LogP) is 20.4. The summed E-state index contributed by atoms with van der Waals surface area (Å²) in [4.78, 5) is 2.53. The minimum absolute atomic E-state index is 0.245. The lowest BCUT2D eigenvalue weighted by Gasteiger charge is -2.32. The second kappa shape index (κ2) is 15.1. The van der Waals surface area contributed by atoms with Gasteiger partial charge in [0, 0.05) is 65.9 Å². The Bertz CT molecular complexity index is 4670. The lowest BCUT2D eigenvalue weighted by atomic mass is 9.72. The van der Waals surface area contributed by atoms with Crippen LogP contribution in [-0.4, -0.2) is 0 Å². The maximum absolute atomic E-state index is 7.03. The van der Waals surface area contributed by atoms with Gasteiger partial charge in [-0.05, 0) is 138 Å². The minimum atomic E-state index is -0.357. The van der Waals surface area contributed by atoms with Crippen LogP contribution in [-0.2, 0) is 16.2 Å². The first-order valence-corrected chi connectivity index (χ1v) is 26.8. The van der Waals surface area contributed by atoms with Crippen LogP contribution in [0.15, 0.2) is 221 Å². The van der Waals surface area contributed by atoms with Crippen molar-refractivity contribution in [2.45, 2.75) is 57.8 Å². The van der Waals surface area contributed by atoms with Crippen LogP contribution in [0, 0.1) is 0 Å². The van der Waals surface area contributed by atoms with Crippen LogP contribution in [0.3, 0.4) is 0 Å². The summed E-state index contributed by atoms with van der Waals surface area (Å²) < 4.78 is 14.0. The summed E-state index contributed by atoms with van der Waals surface area (Å²) in [5, 5.41) is 7.14. The summed E-state index contributed by atoms with van der Waals surface area (Å²) in [6.45, 7) is 14.6. The summed E-state index contributed by atoms with van der Waals surface area (Å²) in [5.74, 6) is 0. The fourth-order valence-electron chi connectivity index (χ4n) is 14.4. The molecule has 0 spiro atoms. The molecule has 0 saturated heterocycles. The second-order valence-corrected chi connectivity index (χ2v) is 23.1. The van der Waals surface area contributed by atoms with Crippen LogP contribution in [0.2, 0.25) is 0 Å². The van der Waals surface area contributed by atoms with Crippen molar-refractivity contribution in [3.05, 3.63) is 246 Å². The van der Waals surface area contributed by atoms with E-state index in [-0.39, 0.29) is 16.2 Å². The normalized spacial score (nSPS) is 15.0. The van der Waals surface area contributed by atoms with Crippen molar-refractivity contribution in [2.75, 3.05) is 4.90 Å². The first kappa shape index (κ1) is 43.5. The number of hydrogen-bond acceptors (Lipinski definition) is 3. The van der Waals surface area contributed by atoms with Crippen molar-refractivity contribution in [3.8, 4) is 55.6 Å².